The van der Waals surface area contributed by atoms with Crippen LogP contribution >= 0.6 is 0 Å². The Hall–Kier alpha value is -1.27. The number of hydrogen-bond donors (Lipinski definition) is 2. The fourth-order valence-electron chi connectivity index (χ4n) is 3.63. The van der Waals surface area contributed by atoms with E-state index < -0.39 is 31.1 Å². The molecule has 0 aliphatic rings. The van der Waals surface area contributed by atoms with Crippen molar-refractivity contribution < 1.29 is 62.7 Å². The number of sulfonamides is 2. The third-order valence-electron chi connectivity index (χ3n) is 6.22. The van der Waals surface area contributed by atoms with Crippen LogP contribution in [0.1, 0.15) is 96.8 Å². The fraction of sp³-hybridized carbons (Fsp3) is 0.880. The van der Waals surface area contributed by atoms with Crippen LogP contribution in [0.15, 0.2) is 12.2 Å². The summed E-state index contributed by atoms with van der Waals surface area (Å²) < 4.78 is 109. The van der Waals surface area contributed by atoms with E-state index in [0.717, 1.165) is 17.0 Å². The summed E-state index contributed by atoms with van der Waals surface area (Å²) in [6, 6.07) is 0. The third-order valence-corrected chi connectivity index (χ3v) is 8.96. The third kappa shape index (κ3) is 19.1. The minimum absolute atomic E-state index is 0.0192. The molecule has 0 bridgehead atoms. The van der Waals surface area contributed by atoms with Crippen molar-refractivity contribution in [2.45, 2.75) is 108 Å². The number of nitrogens with zero attached hydrogens (tertiary/aromatic N) is 2. The number of unbranched alkanes of at least 4 members (excludes halogenated alkanes) is 11. The molecule has 0 aromatic rings. The van der Waals surface area contributed by atoms with Gasteiger partial charge in [0.2, 0.25) is 0 Å². The standard InChI is InChI=1S/C23H46NO3.C2F6NO4S2/c1-3-4-5-6-7-8-9-10-11-12-13-14-15-16-17-18-23(27)24(2,19-21-25)20-22-26;3-1(4,5)14(10,11)9-15(12,13)2(6,7)8/h10-11,25-26H,3-9,12-22H2,1-2H3;/q+1;-1/b11-10-;. The Morgan fingerprint density at radius 2 is 1.05 bits per heavy atom. The highest BCUT2D eigenvalue weighted by molar-refractivity contribution is 8.13. The molecule has 0 heterocycles. The molecule has 2 N–H and O–H groups in total. The first kappa shape index (κ1) is 42.9. The van der Waals surface area contributed by atoms with Crippen LogP contribution in [-0.4, -0.2) is 81.8 Å². The molecule has 0 spiro atoms. The Balaban J connectivity index is 0. The van der Waals surface area contributed by atoms with Crippen molar-refractivity contribution in [2.75, 3.05) is 33.4 Å². The molecular formula is C25H46F6N2O7S2. The summed E-state index contributed by atoms with van der Waals surface area (Å²) in [6.45, 7) is 3.01. The molecule has 0 fully saturated rings. The summed E-state index contributed by atoms with van der Waals surface area (Å²) in [5, 5.41) is 18.3. The number of likely N-dealkylation sites (N-methyl/N-ethyl adjacent to an activating group) is 1. The Labute approximate surface area is 246 Å². The fourth-order valence-corrected chi connectivity index (χ4v) is 5.34. The highest BCUT2D eigenvalue weighted by atomic mass is 32.3. The second kappa shape index (κ2) is 21.4. The van der Waals surface area contributed by atoms with Gasteiger partial charge >= 0.3 is 16.9 Å². The minimum Gasteiger partial charge on any atom is -0.421 e. The van der Waals surface area contributed by atoms with Crippen LogP contribution in [0.25, 0.3) is 4.13 Å². The molecule has 0 radical (unpaired) electrons. The summed E-state index contributed by atoms with van der Waals surface area (Å²) >= 11 is 0. The molecule has 0 saturated carbocycles. The van der Waals surface area contributed by atoms with Crippen molar-refractivity contribution in [3.63, 3.8) is 0 Å². The van der Waals surface area contributed by atoms with E-state index in [9.17, 15) is 48.0 Å². The van der Waals surface area contributed by atoms with Crippen molar-refractivity contribution in [2.24, 2.45) is 0 Å². The van der Waals surface area contributed by atoms with E-state index in [4.69, 9.17) is 10.2 Å². The van der Waals surface area contributed by atoms with Crippen LogP contribution in [-0.2, 0) is 24.8 Å². The number of quaternary nitrogens is 1. The van der Waals surface area contributed by atoms with Gasteiger partial charge in [-0.1, -0.05) is 70.4 Å². The van der Waals surface area contributed by atoms with E-state index in [2.05, 4.69) is 19.1 Å². The second-order valence-electron chi connectivity index (χ2n) is 9.93. The number of alkyl halides is 6. The monoisotopic (exact) mass is 664 g/mol. The van der Waals surface area contributed by atoms with Gasteiger partial charge in [0.05, 0.1) is 26.7 Å². The van der Waals surface area contributed by atoms with Gasteiger partial charge in [-0.3, -0.25) is 4.48 Å². The number of halogens is 6. The van der Waals surface area contributed by atoms with Gasteiger partial charge < -0.3 is 14.3 Å². The predicted molar refractivity (Wildman–Crippen MR) is 148 cm³/mol. The van der Waals surface area contributed by atoms with Gasteiger partial charge in [-0.05, 0) is 32.1 Å². The first-order chi connectivity index (χ1) is 19.3. The summed E-state index contributed by atoms with van der Waals surface area (Å²) in [6.07, 6.45) is 21.5. The maximum atomic E-state index is 12.3. The van der Waals surface area contributed by atoms with Gasteiger partial charge in [0.25, 0.3) is 0 Å². The molecule has 17 heteroatoms. The summed E-state index contributed by atoms with van der Waals surface area (Å²) in [5.74, 6) is 0.135. The number of allylic oxidation sites excluding steroid dienone is 2. The lowest BCUT2D eigenvalue weighted by Gasteiger charge is -2.30. The molecular weight excluding hydrogens is 618 g/mol. The van der Waals surface area contributed by atoms with Crippen LogP contribution < -0.4 is 0 Å². The van der Waals surface area contributed by atoms with Crippen LogP contribution in [0, 0.1) is 0 Å². The van der Waals surface area contributed by atoms with Gasteiger partial charge in [-0.2, -0.15) is 26.3 Å². The van der Waals surface area contributed by atoms with E-state index in [1.54, 1.807) is 0 Å². The molecule has 1 amide bonds. The smallest absolute Gasteiger partial charge is 0.421 e. The first-order valence-corrected chi connectivity index (χ1v) is 16.8. The maximum absolute atomic E-state index is 12.3. The van der Waals surface area contributed by atoms with Crippen LogP contribution in [0.5, 0.6) is 0 Å². The number of rotatable bonds is 21. The lowest BCUT2D eigenvalue weighted by molar-refractivity contribution is -0.835. The van der Waals surface area contributed by atoms with Crippen LogP contribution in [0.2, 0.25) is 0 Å². The number of carbonyl (C=O) groups excluding carboxylic acids is 1. The molecule has 0 unspecified atom stereocenters. The Kier molecular flexibility index (Phi) is 21.9. The average molecular weight is 665 g/mol. The number of aliphatic hydroxyl groups excluding tert-OH is 2. The molecule has 0 atom stereocenters. The molecule has 0 saturated heterocycles. The summed E-state index contributed by atoms with van der Waals surface area (Å²) in [7, 11) is -11.6. The molecule has 252 valence electrons. The van der Waals surface area contributed by atoms with Crippen molar-refractivity contribution in [1.82, 2.24) is 0 Å². The Bertz CT molecular complexity index is 923. The van der Waals surface area contributed by atoms with Crippen molar-refractivity contribution in [3.05, 3.63) is 16.3 Å². The van der Waals surface area contributed by atoms with Crippen molar-refractivity contribution in [3.8, 4) is 0 Å². The van der Waals surface area contributed by atoms with E-state index in [-0.39, 0.29) is 23.6 Å². The zero-order valence-electron chi connectivity index (χ0n) is 24.3. The van der Waals surface area contributed by atoms with Crippen LogP contribution in [0.3, 0.4) is 0 Å². The lowest BCUT2D eigenvalue weighted by Crippen LogP contribution is -2.52. The van der Waals surface area contributed by atoms with Gasteiger partial charge in [0.1, 0.15) is 13.1 Å². The number of carbonyl (C=O) groups is 1. The highest BCUT2D eigenvalue weighted by Crippen LogP contribution is 2.36. The predicted octanol–water partition coefficient (Wildman–Crippen LogP) is 6.04. The zero-order chi connectivity index (χ0) is 32.9. The first-order valence-electron chi connectivity index (χ1n) is 13.9. The van der Waals surface area contributed by atoms with Gasteiger partial charge in [-0.15, -0.1) is 0 Å². The van der Waals surface area contributed by atoms with Crippen molar-refractivity contribution >= 4 is 26.0 Å². The topological polar surface area (TPSA) is 140 Å². The van der Waals surface area contributed by atoms with Crippen molar-refractivity contribution in [1.29, 1.82) is 0 Å². The molecule has 0 aromatic carbocycles. The Morgan fingerprint density at radius 3 is 1.40 bits per heavy atom. The van der Waals surface area contributed by atoms with Gasteiger partial charge in [0, 0.05) is 0 Å². The summed E-state index contributed by atoms with van der Waals surface area (Å²) in [4.78, 5) is 12.3. The number of hydrogen-bond acceptors (Lipinski definition) is 7. The van der Waals surface area contributed by atoms with Gasteiger partial charge in [0.15, 0.2) is 20.0 Å². The molecule has 0 rings (SSSR count). The zero-order valence-corrected chi connectivity index (χ0v) is 25.9. The molecule has 42 heavy (non-hydrogen) atoms. The van der Waals surface area contributed by atoms with E-state index in [1.165, 1.54) is 70.6 Å². The SMILES string of the molecule is CCCCCCCC/C=C\CCCCCCCC(=O)[N+](C)(CCO)CCO.O=S(=O)([N-]S(=O)(=O)C(F)(F)F)C(F)(F)F. The van der Waals surface area contributed by atoms with E-state index in [1.807, 2.05) is 7.05 Å². The molecule has 0 aromatic heterocycles. The quantitative estimate of drug-likeness (QED) is 0.0660. The second-order valence-corrected chi connectivity index (χ2v) is 13.4. The van der Waals surface area contributed by atoms with Crippen LogP contribution in [0.4, 0.5) is 26.3 Å². The number of aliphatic hydroxyl groups is 2. The largest absolute Gasteiger partial charge is 0.480 e. The summed E-state index contributed by atoms with van der Waals surface area (Å²) in [5.41, 5.74) is -12.4. The minimum atomic E-state index is -6.72. The normalized spacial score (nSPS) is 13.3. The lowest BCUT2D eigenvalue weighted by atomic mass is 10.1. The van der Waals surface area contributed by atoms with E-state index >= 15 is 0 Å². The highest BCUT2D eigenvalue weighted by Gasteiger charge is 2.47. The number of amides is 1. The van der Waals surface area contributed by atoms with Gasteiger partial charge in [-0.25, -0.2) is 21.6 Å². The molecule has 0 aliphatic heterocycles. The molecule has 9 nitrogen and oxygen atoms in total. The molecule has 0 aliphatic carbocycles. The Morgan fingerprint density at radius 1 is 0.690 bits per heavy atom. The average Bonchev–Trinajstić information content (AvgIpc) is 2.85. The van der Waals surface area contributed by atoms with E-state index in [0.29, 0.717) is 19.5 Å². The maximum Gasteiger partial charge on any atom is 0.480 e.